The normalized spacial score (nSPS) is 11.4. The zero-order valence-corrected chi connectivity index (χ0v) is 12.7. The fraction of sp³-hybridized carbons (Fsp3) is 0.158. The Balaban J connectivity index is 1.82. The summed E-state index contributed by atoms with van der Waals surface area (Å²) in [5.74, 6) is 0. The van der Waals surface area contributed by atoms with E-state index in [1.165, 1.54) is 27.4 Å². The summed E-state index contributed by atoms with van der Waals surface area (Å²) in [5, 5.41) is 7.12. The van der Waals surface area contributed by atoms with E-state index in [1.807, 2.05) is 24.0 Å². The molecule has 2 heterocycles. The van der Waals surface area contributed by atoms with Gasteiger partial charge in [0.2, 0.25) is 0 Å². The summed E-state index contributed by atoms with van der Waals surface area (Å²) in [6.07, 6.45) is 2.69. The standard InChI is InChI=1S/C19H17N3/c1-13-10-14(11-15-6-5-9-20-19(13)15)12-17-16-7-3-4-8-18(16)22(2)21-17/h3-11H,12H2,1-2H3. The van der Waals surface area contributed by atoms with Gasteiger partial charge in [0.05, 0.1) is 16.7 Å². The Bertz CT molecular complexity index is 982. The Morgan fingerprint density at radius 3 is 2.82 bits per heavy atom. The Hall–Kier alpha value is -2.68. The van der Waals surface area contributed by atoms with Gasteiger partial charge < -0.3 is 0 Å². The van der Waals surface area contributed by atoms with Crippen LogP contribution in [0.1, 0.15) is 16.8 Å². The molecule has 0 spiro atoms. The lowest BCUT2D eigenvalue weighted by Crippen LogP contribution is -1.95. The summed E-state index contributed by atoms with van der Waals surface area (Å²) in [5.41, 5.74) is 5.88. The molecule has 0 fully saturated rings. The van der Waals surface area contributed by atoms with Crippen molar-refractivity contribution in [1.82, 2.24) is 14.8 Å². The molecular formula is C19H17N3. The average molecular weight is 287 g/mol. The minimum absolute atomic E-state index is 0.840. The first-order chi connectivity index (χ1) is 10.7. The fourth-order valence-corrected chi connectivity index (χ4v) is 3.17. The molecule has 0 N–H and O–H groups in total. The molecule has 4 aromatic rings. The van der Waals surface area contributed by atoms with Gasteiger partial charge in [0.15, 0.2) is 0 Å². The van der Waals surface area contributed by atoms with Crippen LogP contribution < -0.4 is 0 Å². The summed E-state index contributed by atoms with van der Waals surface area (Å²) in [6.45, 7) is 2.12. The van der Waals surface area contributed by atoms with Crippen LogP contribution in [0.3, 0.4) is 0 Å². The predicted molar refractivity (Wildman–Crippen MR) is 90.0 cm³/mol. The number of hydrogen-bond donors (Lipinski definition) is 0. The van der Waals surface area contributed by atoms with E-state index in [2.05, 4.69) is 54.4 Å². The van der Waals surface area contributed by atoms with Crippen LogP contribution in [0.4, 0.5) is 0 Å². The van der Waals surface area contributed by atoms with E-state index in [-0.39, 0.29) is 0 Å². The molecule has 2 aromatic heterocycles. The smallest absolute Gasteiger partial charge is 0.0746 e. The number of nitrogens with zero attached hydrogens (tertiary/aromatic N) is 3. The third-order valence-corrected chi connectivity index (χ3v) is 4.16. The first-order valence-corrected chi connectivity index (χ1v) is 7.47. The average Bonchev–Trinajstić information content (AvgIpc) is 2.84. The molecule has 108 valence electrons. The van der Waals surface area contributed by atoms with Crippen LogP contribution in [0, 0.1) is 6.92 Å². The molecule has 0 aliphatic heterocycles. The minimum Gasteiger partial charge on any atom is -0.268 e. The number of pyridine rings is 1. The van der Waals surface area contributed by atoms with E-state index in [4.69, 9.17) is 5.10 Å². The third-order valence-electron chi connectivity index (χ3n) is 4.16. The maximum atomic E-state index is 4.70. The van der Waals surface area contributed by atoms with Crippen molar-refractivity contribution in [3.8, 4) is 0 Å². The van der Waals surface area contributed by atoms with Crippen molar-refractivity contribution < 1.29 is 0 Å². The Morgan fingerprint density at radius 1 is 1.05 bits per heavy atom. The summed E-state index contributed by atoms with van der Waals surface area (Å²) >= 11 is 0. The Morgan fingerprint density at radius 2 is 1.91 bits per heavy atom. The van der Waals surface area contributed by atoms with Gasteiger partial charge in [-0.2, -0.15) is 5.10 Å². The van der Waals surface area contributed by atoms with Crippen LogP contribution in [0.25, 0.3) is 21.8 Å². The largest absolute Gasteiger partial charge is 0.268 e. The van der Waals surface area contributed by atoms with Crippen molar-refractivity contribution in [2.24, 2.45) is 7.05 Å². The third kappa shape index (κ3) is 2.06. The highest BCUT2D eigenvalue weighted by Gasteiger charge is 2.10. The molecule has 4 rings (SSSR count). The minimum atomic E-state index is 0.840. The van der Waals surface area contributed by atoms with E-state index in [9.17, 15) is 0 Å². The van der Waals surface area contributed by atoms with Gasteiger partial charge in [-0.25, -0.2) is 0 Å². The van der Waals surface area contributed by atoms with Gasteiger partial charge in [0, 0.05) is 30.4 Å². The lowest BCUT2D eigenvalue weighted by atomic mass is 10.0. The van der Waals surface area contributed by atoms with Crippen molar-refractivity contribution in [2.75, 3.05) is 0 Å². The first-order valence-electron chi connectivity index (χ1n) is 7.47. The SMILES string of the molecule is Cc1cc(Cc2nn(C)c3ccccc23)cc2cccnc12. The van der Waals surface area contributed by atoms with Gasteiger partial charge in [0.25, 0.3) is 0 Å². The highest BCUT2D eigenvalue weighted by atomic mass is 15.3. The Labute approximate surface area is 129 Å². The molecule has 0 aliphatic carbocycles. The maximum Gasteiger partial charge on any atom is 0.0746 e. The molecule has 22 heavy (non-hydrogen) atoms. The summed E-state index contributed by atoms with van der Waals surface area (Å²) < 4.78 is 1.96. The molecule has 0 amide bonds. The number of aromatic nitrogens is 3. The Kier molecular flexibility index (Phi) is 2.93. The monoisotopic (exact) mass is 287 g/mol. The van der Waals surface area contributed by atoms with Crippen molar-refractivity contribution >= 4 is 21.8 Å². The number of para-hydroxylation sites is 1. The molecule has 3 heteroatoms. The van der Waals surface area contributed by atoms with Crippen LogP contribution in [-0.2, 0) is 13.5 Å². The van der Waals surface area contributed by atoms with Crippen LogP contribution >= 0.6 is 0 Å². The molecule has 0 bridgehead atoms. The predicted octanol–water partition coefficient (Wildman–Crippen LogP) is 4.02. The zero-order chi connectivity index (χ0) is 15.1. The number of rotatable bonds is 2. The molecule has 0 aliphatic rings. The fourth-order valence-electron chi connectivity index (χ4n) is 3.17. The molecule has 2 aromatic carbocycles. The second-order valence-electron chi connectivity index (χ2n) is 5.75. The molecule has 3 nitrogen and oxygen atoms in total. The number of aryl methyl sites for hydroxylation is 2. The van der Waals surface area contributed by atoms with Crippen molar-refractivity contribution in [1.29, 1.82) is 0 Å². The first kappa shape index (κ1) is 13.0. The van der Waals surface area contributed by atoms with Gasteiger partial charge >= 0.3 is 0 Å². The van der Waals surface area contributed by atoms with Gasteiger partial charge in [-0.3, -0.25) is 9.67 Å². The van der Waals surface area contributed by atoms with Gasteiger partial charge in [-0.1, -0.05) is 30.3 Å². The van der Waals surface area contributed by atoms with Crippen molar-refractivity contribution in [3.05, 3.63) is 71.5 Å². The number of fused-ring (bicyclic) bond motifs is 2. The van der Waals surface area contributed by atoms with Crippen LogP contribution in [-0.4, -0.2) is 14.8 Å². The number of benzene rings is 2. The van der Waals surface area contributed by atoms with E-state index in [1.54, 1.807) is 0 Å². The summed E-state index contributed by atoms with van der Waals surface area (Å²) in [6, 6.07) is 16.9. The molecule has 0 saturated heterocycles. The molecule has 0 saturated carbocycles. The van der Waals surface area contributed by atoms with E-state index >= 15 is 0 Å². The molecular weight excluding hydrogens is 270 g/mol. The highest BCUT2D eigenvalue weighted by molar-refractivity contribution is 5.84. The quantitative estimate of drug-likeness (QED) is 0.557. The van der Waals surface area contributed by atoms with Crippen molar-refractivity contribution in [2.45, 2.75) is 13.3 Å². The molecule has 0 radical (unpaired) electrons. The van der Waals surface area contributed by atoms with Gasteiger partial charge in [-0.15, -0.1) is 0 Å². The lowest BCUT2D eigenvalue weighted by molar-refractivity contribution is 0.774. The highest BCUT2D eigenvalue weighted by Crippen LogP contribution is 2.23. The molecule has 0 unspecified atom stereocenters. The summed E-state index contributed by atoms with van der Waals surface area (Å²) in [7, 11) is 2.00. The molecule has 0 atom stereocenters. The topological polar surface area (TPSA) is 30.7 Å². The van der Waals surface area contributed by atoms with Crippen LogP contribution in [0.15, 0.2) is 54.7 Å². The van der Waals surface area contributed by atoms with Crippen LogP contribution in [0.2, 0.25) is 0 Å². The van der Waals surface area contributed by atoms with E-state index < -0.39 is 0 Å². The number of hydrogen-bond acceptors (Lipinski definition) is 2. The second-order valence-corrected chi connectivity index (χ2v) is 5.75. The second kappa shape index (κ2) is 4.95. The van der Waals surface area contributed by atoms with Crippen molar-refractivity contribution in [3.63, 3.8) is 0 Å². The van der Waals surface area contributed by atoms with Crippen LogP contribution in [0.5, 0.6) is 0 Å². The van der Waals surface area contributed by atoms with E-state index in [0.717, 1.165) is 17.6 Å². The zero-order valence-electron chi connectivity index (χ0n) is 12.7. The van der Waals surface area contributed by atoms with E-state index in [0.29, 0.717) is 0 Å². The van der Waals surface area contributed by atoms with Gasteiger partial charge in [-0.05, 0) is 36.2 Å². The van der Waals surface area contributed by atoms with Gasteiger partial charge in [0.1, 0.15) is 0 Å². The maximum absolute atomic E-state index is 4.70. The summed E-state index contributed by atoms with van der Waals surface area (Å²) in [4.78, 5) is 4.46. The lowest BCUT2D eigenvalue weighted by Gasteiger charge is -2.05.